The van der Waals surface area contributed by atoms with Crippen LogP contribution in [0.1, 0.15) is 16.8 Å². The third-order valence-corrected chi connectivity index (χ3v) is 3.13. The molecule has 1 aliphatic heterocycles. The second kappa shape index (κ2) is 4.86. The van der Waals surface area contributed by atoms with Crippen molar-refractivity contribution >= 4 is 29.1 Å². The molecular formula is C12H14ClN3O2. The average molecular weight is 268 g/mol. The van der Waals surface area contributed by atoms with Gasteiger partial charge >= 0.3 is 0 Å². The summed E-state index contributed by atoms with van der Waals surface area (Å²) in [7, 11) is 1.71. The van der Waals surface area contributed by atoms with Gasteiger partial charge in [0.25, 0.3) is 5.91 Å². The molecule has 0 bridgehead atoms. The molecule has 0 aromatic heterocycles. The van der Waals surface area contributed by atoms with Crippen LogP contribution in [0.3, 0.4) is 0 Å². The summed E-state index contributed by atoms with van der Waals surface area (Å²) < 4.78 is 0. The molecule has 1 atom stereocenters. The first-order chi connectivity index (χ1) is 8.47. The predicted octanol–water partition coefficient (Wildman–Crippen LogP) is 0.883. The van der Waals surface area contributed by atoms with Crippen molar-refractivity contribution in [2.24, 2.45) is 0 Å². The molecule has 1 aromatic carbocycles. The van der Waals surface area contributed by atoms with Crippen LogP contribution >= 0.6 is 11.6 Å². The highest BCUT2D eigenvalue weighted by Crippen LogP contribution is 2.17. The maximum atomic E-state index is 12.0. The summed E-state index contributed by atoms with van der Waals surface area (Å²) in [6.45, 7) is 0.654. The van der Waals surface area contributed by atoms with E-state index in [1.165, 1.54) is 12.1 Å². The molecule has 3 N–H and O–H groups in total. The van der Waals surface area contributed by atoms with Crippen LogP contribution in [0.25, 0.3) is 0 Å². The number of nitrogens with zero attached hydrogens (tertiary/aromatic N) is 1. The molecule has 96 valence electrons. The Morgan fingerprint density at radius 1 is 1.50 bits per heavy atom. The van der Waals surface area contributed by atoms with Gasteiger partial charge in [-0.2, -0.15) is 0 Å². The highest BCUT2D eigenvalue weighted by Gasteiger charge is 2.30. The Morgan fingerprint density at radius 2 is 2.22 bits per heavy atom. The Balaban J connectivity index is 2.10. The molecule has 18 heavy (non-hydrogen) atoms. The Kier molecular flexibility index (Phi) is 3.43. The lowest BCUT2D eigenvalue weighted by molar-refractivity contribution is -0.128. The number of amides is 2. The number of rotatable bonds is 2. The second-order valence-electron chi connectivity index (χ2n) is 4.35. The van der Waals surface area contributed by atoms with Crippen LogP contribution in [-0.4, -0.2) is 36.3 Å². The van der Waals surface area contributed by atoms with Gasteiger partial charge in [-0.15, -0.1) is 0 Å². The first-order valence-electron chi connectivity index (χ1n) is 5.59. The molecule has 0 radical (unpaired) electrons. The Hall–Kier alpha value is -1.75. The quantitative estimate of drug-likeness (QED) is 0.781. The number of nitrogen functional groups attached to an aromatic ring is 1. The van der Waals surface area contributed by atoms with Crippen molar-refractivity contribution in [2.45, 2.75) is 12.5 Å². The molecule has 1 saturated heterocycles. The zero-order valence-electron chi connectivity index (χ0n) is 9.94. The molecule has 2 rings (SSSR count). The van der Waals surface area contributed by atoms with E-state index >= 15 is 0 Å². The van der Waals surface area contributed by atoms with Gasteiger partial charge in [-0.1, -0.05) is 11.6 Å². The summed E-state index contributed by atoms with van der Waals surface area (Å²) in [6.07, 6.45) is 0.622. The molecule has 1 unspecified atom stereocenters. The van der Waals surface area contributed by atoms with Gasteiger partial charge in [-0.05, 0) is 24.6 Å². The fourth-order valence-electron chi connectivity index (χ4n) is 1.94. The highest BCUT2D eigenvalue weighted by molar-refractivity contribution is 6.31. The summed E-state index contributed by atoms with van der Waals surface area (Å²) in [5, 5.41) is 3.08. The van der Waals surface area contributed by atoms with E-state index in [0.29, 0.717) is 29.2 Å². The summed E-state index contributed by atoms with van der Waals surface area (Å²) in [4.78, 5) is 25.2. The van der Waals surface area contributed by atoms with Crippen LogP contribution in [0, 0.1) is 0 Å². The number of nitrogens with two attached hydrogens (primary N) is 1. The summed E-state index contributed by atoms with van der Waals surface area (Å²) in [5.41, 5.74) is 6.40. The van der Waals surface area contributed by atoms with E-state index in [1.807, 2.05) is 0 Å². The van der Waals surface area contributed by atoms with Crippen LogP contribution < -0.4 is 11.1 Å². The number of nitrogens with one attached hydrogen (secondary N) is 1. The third kappa shape index (κ3) is 2.56. The van der Waals surface area contributed by atoms with Gasteiger partial charge in [0.15, 0.2) is 0 Å². The minimum atomic E-state index is -0.456. The Morgan fingerprint density at radius 3 is 2.78 bits per heavy atom. The van der Waals surface area contributed by atoms with E-state index in [4.69, 9.17) is 17.3 Å². The number of halogens is 1. The fraction of sp³-hybridized carbons (Fsp3) is 0.333. The lowest BCUT2D eigenvalue weighted by atomic mass is 10.1. The largest absolute Gasteiger partial charge is 0.399 e. The van der Waals surface area contributed by atoms with Crippen molar-refractivity contribution in [3.8, 4) is 0 Å². The zero-order valence-corrected chi connectivity index (χ0v) is 10.7. The summed E-state index contributed by atoms with van der Waals surface area (Å²) in [6, 6.07) is 4.16. The van der Waals surface area contributed by atoms with Crippen molar-refractivity contribution in [2.75, 3.05) is 19.3 Å². The van der Waals surface area contributed by atoms with Crippen molar-refractivity contribution in [3.63, 3.8) is 0 Å². The van der Waals surface area contributed by atoms with E-state index < -0.39 is 6.04 Å². The predicted molar refractivity (Wildman–Crippen MR) is 69.4 cm³/mol. The van der Waals surface area contributed by atoms with E-state index in [2.05, 4.69) is 5.32 Å². The third-order valence-electron chi connectivity index (χ3n) is 2.92. The van der Waals surface area contributed by atoms with E-state index in [0.717, 1.165) is 0 Å². The molecule has 2 amide bonds. The van der Waals surface area contributed by atoms with Crippen LogP contribution in [-0.2, 0) is 4.79 Å². The lowest BCUT2D eigenvalue weighted by Crippen LogP contribution is -2.40. The molecule has 1 heterocycles. The molecule has 1 aliphatic rings. The van der Waals surface area contributed by atoms with Gasteiger partial charge in [-0.25, -0.2) is 0 Å². The van der Waals surface area contributed by atoms with Crippen LogP contribution in [0.2, 0.25) is 5.02 Å². The molecule has 6 heteroatoms. The van der Waals surface area contributed by atoms with Gasteiger partial charge in [0.05, 0.1) is 0 Å². The van der Waals surface area contributed by atoms with Crippen molar-refractivity contribution in [1.29, 1.82) is 0 Å². The SMILES string of the molecule is CN1CCC(NC(=O)c2cc(N)cc(Cl)c2)C1=O. The van der Waals surface area contributed by atoms with E-state index in [-0.39, 0.29) is 11.8 Å². The molecule has 0 saturated carbocycles. The minimum absolute atomic E-state index is 0.0710. The molecule has 0 aliphatic carbocycles. The number of carbonyl (C=O) groups is 2. The average Bonchev–Trinajstić information content (AvgIpc) is 2.59. The number of benzene rings is 1. The maximum Gasteiger partial charge on any atom is 0.252 e. The number of hydrogen-bond donors (Lipinski definition) is 2. The number of likely N-dealkylation sites (N-methyl/N-ethyl adjacent to an activating group) is 1. The zero-order chi connectivity index (χ0) is 13.3. The number of hydrogen-bond acceptors (Lipinski definition) is 3. The summed E-state index contributed by atoms with van der Waals surface area (Å²) in [5.74, 6) is -0.406. The Labute approximate surface area is 110 Å². The van der Waals surface area contributed by atoms with Gasteiger partial charge in [0.1, 0.15) is 6.04 Å². The lowest BCUT2D eigenvalue weighted by Gasteiger charge is -2.12. The molecule has 5 nitrogen and oxygen atoms in total. The molecule has 0 spiro atoms. The van der Waals surface area contributed by atoms with Crippen molar-refractivity contribution < 1.29 is 9.59 Å². The fourth-order valence-corrected chi connectivity index (χ4v) is 2.18. The van der Waals surface area contributed by atoms with Crippen LogP contribution in [0.5, 0.6) is 0 Å². The number of anilines is 1. The number of likely N-dealkylation sites (tertiary alicyclic amines) is 1. The molecule has 1 fully saturated rings. The monoisotopic (exact) mass is 267 g/mol. The van der Waals surface area contributed by atoms with Gasteiger partial charge in [0, 0.05) is 29.9 Å². The first-order valence-corrected chi connectivity index (χ1v) is 5.97. The van der Waals surface area contributed by atoms with Crippen molar-refractivity contribution in [1.82, 2.24) is 10.2 Å². The second-order valence-corrected chi connectivity index (χ2v) is 4.78. The van der Waals surface area contributed by atoms with Crippen molar-refractivity contribution in [3.05, 3.63) is 28.8 Å². The minimum Gasteiger partial charge on any atom is -0.399 e. The smallest absolute Gasteiger partial charge is 0.252 e. The number of carbonyl (C=O) groups excluding carboxylic acids is 2. The first kappa shape index (κ1) is 12.7. The van der Waals surface area contributed by atoms with Gasteiger partial charge in [0.2, 0.25) is 5.91 Å². The maximum absolute atomic E-state index is 12.0. The van der Waals surface area contributed by atoms with E-state index in [9.17, 15) is 9.59 Å². The van der Waals surface area contributed by atoms with E-state index in [1.54, 1.807) is 18.0 Å². The normalized spacial score (nSPS) is 19.1. The summed E-state index contributed by atoms with van der Waals surface area (Å²) >= 11 is 5.83. The Bertz CT molecular complexity index is 484. The molecule has 1 aromatic rings. The van der Waals surface area contributed by atoms with Gasteiger partial charge in [-0.3, -0.25) is 9.59 Å². The van der Waals surface area contributed by atoms with Crippen LogP contribution in [0.4, 0.5) is 5.69 Å². The highest BCUT2D eigenvalue weighted by atomic mass is 35.5. The topological polar surface area (TPSA) is 75.4 Å². The van der Waals surface area contributed by atoms with Crippen LogP contribution in [0.15, 0.2) is 18.2 Å². The standard InChI is InChI=1S/C12H14ClN3O2/c1-16-3-2-10(12(16)18)15-11(17)7-4-8(13)6-9(14)5-7/h4-6,10H,2-3,14H2,1H3,(H,15,17). The molecular weight excluding hydrogens is 254 g/mol. The van der Waals surface area contributed by atoms with Gasteiger partial charge < -0.3 is 16.0 Å².